The van der Waals surface area contributed by atoms with Gasteiger partial charge in [-0.1, -0.05) is 6.07 Å². The lowest BCUT2D eigenvalue weighted by molar-refractivity contribution is -0.132. The predicted octanol–water partition coefficient (Wildman–Crippen LogP) is 0.715. The average molecular weight is 208 g/mol. The first-order chi connectivity index (χ1) is 7.02. The zero-order chi connectivity index (χ0) is 11.4. The van der Waals surface area contributed by atoms with Crippen molar-refractivity contribution in [3.8, 4) is 0 Å². The summed E-state index contributed by atoms with van der Waals surface area (Å²) < 4.78 is 1.40. The summed E-state index contributed by atoms with van der Waals surface area (Å²) in [6, 6.07) is 5.00. The molecule has 0 bridgehead atoms. The zero-order valence-electron chi connectivity index (χ0n) is 9.30. The average Bonchev–Trinajstić information content (AvgIpc) is 2.20. The van der Waals surface area contributed by atoms with Crippen molar-refractivity contribution in [2.75, 3.05) is 7.05 Å². The van der Waals surface area contributed by atoms with Crippen LogP contribution >= 0.6 is 0 Å². The van der Waals surface area contributed by atoms with Crippen molar-refractivity contribution < 1.29 is 4.79 Å². The molecule has 0 spiro atoms. The van der Waals surface area contributed by atoms with Gasteiger partial charge in [-0.2, -0.15) is 0 Å². The largest absolute Gasteiger partial charge is 0.342 e. The van der Waals surface area contributed by atoms with Gasteiger partial charge in [0.15, 0.2) is 0 Å². The smallest absolute Gasteiger partial charge is 0.250 e. The van der Waals surface area contributed by atoms with Crippen molar-refractivity contribution >= 4 is 5.91 Å². The molecule has 0 aliphatic rings. The Bertz CT molecular complexity index is 396. The number of pyridine rings is 1. The van der Waals surface area contributed by atoms with E-state index >= 15 is 0 Å². The van der Waals surface area contributed by atoms with Crippen LogP contribution in [-0.4, -0.2) is 28.5 Å². The quantitative estimate of drug-likeness (QED) is 0.734. The number of carbonyl (C=O) groups is 1. The molecule has 0 N–H and O–H groups in total. The van der Waals surface area contributed by atoms with Crippen LogP contribution in [0.1, 0.15) is 13.8 Å². The molecule has 4 nitrogen and oxygen atoms in total. The number of hydrogen-bond acceptors (Lipinski definition) is 2. The van der Waals surface area contributed by atoms with E-state index in [0.717, 1.165) is 0 Å². The van der Waals surface area contributed by atoms with Crippen LogP contribution in [0.15, 0.2) is 29.2 Å². The number of aromatic nitrogens is 1. The Morgan fingerprint density at radius 2 is 2.13 bits per heavy atom. The first-order valence-electron chi connectivity index (χ1n) is 4.93. The van der Waals surface area contributed by atoms with Crippen LogP contribution in [0.25, 0.3) is 0 Å². The highest BCUT2D eigenvalue weighted by molar-refractivity contribution is 5.75. The molecule has 0 fully saturated rings. The highest BCUT2D eigenvalue weighted by atomic mass is 16.2. The number of rotatable bonds is 3. The Balaban J connectivity index is 2.75. The molecule has 0 aliphatic heterocycles. The maximum atomic E-state index is 11.7. The molecule has 0 aliphatic carbocycles. The number of nitrogens with zero attached hydrogens (tertiary/aromatic N) is 2. The number of amides is 1. The number of hydrogen-bond donors (Lipinski definition) is 0. The lowest BCUT2D eigenvalue weighted by Gasteiger charge is -2.21. The van der Waals surface area contributed by atoms with E-state index in [-0.39, 0.29) is 24.1 Å². The van der Waals surface area contributed by atoms with Crippen LogP contribution < -0.4 is 5.56 Å². The molecule has 1 heterocycles. The summed E-state index contributed by atoms with van der Waals surface area (Å²) >= 11 is 0. The van der Waals surface area contributed by atoms with Gasteiger partial charge in [-0.05, 0) is 19.9 Å². The van der Waals surface area contributed by atoms with Gasteiger partial charge in [-0.15, -0.1) is 0 Å². The van der Waals surface area contributed by atoms with Crippen LogP contribution in [0.5, 0.6) is 0 Å². The van der Waals surface area contributed by atoms with Crippen LogP contribution in [0, 0.1) is 0 Å². The summed E-state index contributed by atoms with van der Waals surface area (Å²) in [6.07, 6.45) is 1.62. The van der Waals surface area contributed by atoms with Gasteiger partial charge in [0.2, 0.25) is 5.91 Å². The summed E-state index contributed by atoms with van der Waals surface area (Å²) in [7, 11) is 1.74. The van der Waals surface area contributed by atoms with Gasteiger partial charge < -0.3 is 9.47 Å². The lowest BCUT2D eigenvalue weighted by atomic mass is 10.3. The minimum atomic E-state index is -0.150. The minimum Gasteiger partial charge on any atom is -0.342 e. The molecular weight excluding hydrogens is 192 g/mol. The van der Waals surface area contributed by atoms with E-state index in [1.807, 2.05) is 13.8 Å². The van der Waals surface area contributed by atoms with Crippen molar-refractivity contribution in [1.29, 1.82) is 0 Å². The fourth-order valence-corrected chi connectivity index (χ4v) is 1.14. The molecule has 0 unspecified atom stereocenters. The maximum Gasteiger partial charge on any atom is 0.250 e. The highest BCUT2D eigenvalue weighted by Gasteiger charge is 2.12. The molecule has 1 aromatic heterocycles. The number of carbonyl (C=O) groups excluding carboxylic acids is 1. The predicted molar refractivity (Wildman–Crippen MR) is 58.6 cm³/mol. The van der Waals surface area contributed by atoms with Crippen molar-refractivity contribution in [3.05, 3.63) is 34.7 Å². The topological polar surface area (TPSA) is 42.3 Å². The molecule has 15 heavy (non-hydrogen) atoms. The second-order valence-electron chi connectivity index (χ2n) is 3.77. The second kappa shape index (κ2) is 4.77. The summed E-state index contributed by atoms with van der Waals surface area (Å²) in [5, 5.41) is 0. The fourth-order valence-electron chi connectivity index (χ4n) is 1.14. The number of likely N-dealkylation sites (N-methyl/N-ethyl adjacent to an activating group) is 1. The zero-order valence-corrected chi connectivity index (χ0v) is 9.30. The first-order valence-corrected chi connectivity index (χ1v) is 4.93. The molecule has 82 valence electrons. The van der Waals surface area contributed by atoms with Gasteiger partial charge >= 0.3 is 0 Å². The third kappa shape index (κ3) is 2.94. The van der Waals surface area contributed by atoms with E-state index in [4.69, 9.17) is 0 Å². The van der Waals surface area contributed by atoms with Gasteiger partial charge in [0, 0.05) is 25.4 Å². The fraction of sp³-hybridized carbons (Fsp3) is 0.455. The minimum absolute atomic E-state index is 0.0571. The molecular formula is C11H16N2O2. The Labute approximate surface area is 89.1 Å². The molecule has 1 amide bonds. The summed E-state index contributed by atoms with van der Waals surface area (Å²) in [6.45, 7) is 3.98. The Morgan fingerprint density at radius 3 is 2.67 bits per heavy atom. The molecule has 1 rings (SSSR count). The van der Waals surface area contributed by atoms with Crippen molar-refractivity contribution in [2.24, 2.45) is 0 Å². The van der Waals surface area contributed by atoms with Gasteiger partial charge in [0.05, 0.1) is 0 Å². The summed E-state index contributed by atoms with van der Waals surface area (Å²) in [4.78, 5) is 24.6. The summed E-state index contributed by atoms with van der Waals surface area (Å²) in [5.74, 6) is -0.0571. The van der Waals surface area contributed by atoms with E-state index in [1.54, 1.807) is 30.3 Å². The molecule has 1 aromatic rings. The Hall–Kier alpha value is -1.58. The van der Waals surface area contributed by atoms with E-state index in [2.05, 4.69) is 0 Å². The normalized spacial score (nSPS) is 10.4. The van der Waals surface area contributed by atoms with Crippen LogP contribution in [0.3, 0.4) is 0 Å². The van der Waals surface area contributed by atoms with E-state index < -0.39 is 0 Å². The highest BCUT2D eigenvalue weighted by Crippen LogP contribution is 1.96. The monoisotopic (exact) mass is 208 g/mol. The van der Waals surface area contributed by atoms with Crippen LogP contribution in [-0.2, 0) is 11.3 Å². The maximum absolute atomic E-state index is 11.7. The standard InChI is InChI=1S/C11H16N2O2/c1-9(2)12(3)11(15)8-13-7-5-4-6-10(13)14/h4-7,9H,8H2,1-3H3. The second-order valence-corrected chi connectivity index (χ2v) is 3.77. The Morgan fingerprint density at radius 1 is 1.47 bits per heavy atom. The van der Waals surface area contributed by atoms with Crippen LogP contribution in [0.2, 0.25) is 0 Å². The van der Waals surface area contributed by atoms with Gasteiger partial charge in [0.25, 0.3) is 5.56 Å². The third-order valence-corrected chi connectivity index (χ3v) is 2.37. The van der Waals surface area contributed by atoms with Crippen LogP contribution in [0.4, 0.5) is 0 Å². The van der Waals surface area contributed by atoms with Gasteiger partial charge in [-0.25, -0.2) is 0 Å². The molecule has 0 atom stereocenters. The Kier molecular flexibility index (Phi) is 3.66. The van der Waals surface area contributed by atoms with Crippen molar-refractivity contribution in [2.45, 2.75) is 26.4 Å². The first kappa shape index (κ1) is 11.5. The van der Waals surface area contributed by atoms with Crippen molar-refractivity contribution in [3.63, 3.8) is 0 Å². The molecule has 0 saturated carbocycles. The van der Waals surface area contributed by atoms with Gasteiger partial charge in [0.1, 0.15) is 6.54 Å². The molecule has 0 radical (unpaired) electrons. The SMILES string of the molecule is CC(C)N(C)C(=O)Cn1ccccc1=O. The van der Waals surface area contributed by atoms with E-state index in [0.29, 0.717) is 0 Å². The molecule has 0 saturated heterocycles. The molecule has 0 aromatic carbocycles. The van der Waals surface area contributed by atoms with E-state index in [1.165, 1.54) is 10.6 Å². The lowest BCUT2D eigenvalue weighted by Crippen LogP contribution is -2.37. The van der Waals surface area contributed by atoms with E-state index in [9.17, 15) is 9.59 Å². The summed E-state index contributed by atoms with van der Waals surface area (Å²) in [5.41, 5.74) is -0.150. The van der Waals surface area contributed by atoms with Crippen molar-refractivity contribution in [1.82, 2.24) is 9.47 Å². The van der Waals surface area contributed by atoms with Gasteiger partial charge in [-0.3, -0.25) is 9.59 Å². The third-order valence-electron chi connectivity index (χ3n) is 2.37. The molecule has 4 heteroatoms.